The molecule has 0 radical (unpaired) electrons. The smallest absolute Gasteiger partial charge is 0.245 e. The number of hydrogen-bond acceptors (Lipinski definition) is 5. The fourth-order valence-corrected chi connectivity index (χ4v) is 7.04. The molecule has 0 unspecified atom stereocenters. The van der Waals surface area contributed by atoms with Crippen LogP contribution in [-0.4, -0.2) is 66.5 Å². The Bertz CT molecular complexity index is 1200. The number of benzene rings is 1. The monoisotopic (exact) mass is 485 g/mol. The number of hydrogen-bond donors (Lipinski definition) is 1. The Morgan fingerprint density at radius 1 is 1.22 bits per heavy atom. The molecule has 6 nitrogen and oxygen atoms in total. The van der Waals surface area contributed by atoms with Gasteiger partial charge in [0.05, 0.1) is 5.69 Å². The number of pyridine rings is 1. The first kappa shape index (κ1) is 23.5. The second-order valence-electron chi connectivity index (χ2n) is 11.3. The number of para-hydroxylation sites is 1. The van der Waals surface area contributed by atoms with Crippen molar-refractivity contribution in [2.75, 3.05) is 56.0 Å². The molecular weight excluding hydrogens is 446 g/mol. The zero-order valence-electron chi connectivity index (χ0n) is 21.9. The van der Waals surface area contributed by atoms with E-state index in [0.717, 1.165) is 77.4 Å². The van der Waals surface area contributed by atoms with E-state index < -0.39 is 0 Å². The van der Waals surface area contributed by atoms with E-state index in [-0.39, 0.29) is 11.3 Å². The molecule has 1 N–H and O–H groups in total. The van der Waals surface area contributed by atoms with Crippen molar-refractivity contribution in [3.63, 3.8) is 0 Å². The summed E-state index contributed by atoms with van der Waals surface area (Å²) in [5, 5.41) is 3.74. The highest BCUT2D eigenvalue weighted by Gasteiger charge is 2.49. The first-order valence-corrected chi connectivity index (χ1v) is 13.8. The Balaban J connectivity index is 1.40. The van der Waals surface area contributed by atoms with Gasteiger partial charge in [-0.3, -0.25) is 9.69 Å². The lowest BCUT2D eigenvalue weighted by Gasteiger charge is -2.47. The van der Waals surface area contributed by atoms with Gasteiger partial charge in [-0.1, -0.05) is 31.7 Å². The third-order valence-electron chi connectivity index (χ3n) is 8.81. The van der Waals surface area contributed by atoms with Gasteiger partial charge in [0, 0.05) is 62.5 Å². The van der Waals surface area contributed by atoms with Gasteiger partial charge < -0.3 is 15.1 Å². The van der Waals surface area contributed by atoms with E-state index in [1.807, 2.05) is 4.90 Å². The van der Waals surface area contributed by atoms with Crippen molar-refractivity contribution in [1.82, 2.24) is 14.8 Å². The molecule has 1 aromatic heterocycles. The molecule has 1 spiro atoms. The van der Waals surface area contributed by atoms with Gasteiger partial charge in [-0.2, -0.15) is 0 Å². The molecule has 2 aromatic rings. The molecule has 0 bridgehead atoms. The molecule has 4 aliphatic rings. The second kappa shape index (κ2) is 9.22. The number of carbonyl (C=O) groups excluding carboxylic acids is 1. The van der Waals surface area contributed by atoms with Crippen molar-refractivity contribution in [3.8, 4) is 11.1 Å². The molecule has 36 heavy (non-hydrogen) atoms. The van der Waals surface area contributed by atoms with Crippen molar-refractivity contribution in [2.45, 2.75) is 52.5 Å². The molecule has 190 valence electrons. The number of aryl methyl sites for hydroxylation is 1. The number of likely N-dealkylation sites (tertiary alicyclic amines) is 1. The van der Waals surface area contributed by atoms with Gasteiger partial charge in [0.2, 0.25) is 5.91 Å². The number of anilines is 2. The van der Waals surface area contributed by atoms with E-state index in [0.29, 0.717) is 0 Å². The van der Waals surface area contributed by atoms with E-state index in [2.05, 4.69) is 53.7 Å². The first-order valence-electron chi connectivity index (χ1n) is 13.8. The van der Waals surface area contributed by atoms with E-state index in [1.165, 1.54) is 58.1 Å². The summed E-state index contributed by atoms with van der Waals surface area (Å²) in [4.78, 5) is 24.5. The third-order valence-corrected chi connectivity index (χ3v) is 8.81. The number of amides is 1. The second-order valence-corrected chi connectivity index (χ2v) is 11.3. The quantitative estimate of drug-likeness (QED) is 0.636. The average Bonchev–Trinajstić information content (AvgIpc) is 3.33. The summed E-state index contributed by atoms with van der Waals surface area (Å²) < 4.78 is 0. The lowest BCUT2D eigenvalue weighted by Crippen LogP contribution is -2.59. The largest absolute Gasteiger partial charge is 0.384 e. The topological polar surface area (TPSA) is 51.7 Å². The molecule has 6 heteroatoms. The van der Waals surface area contributed by atoms with Crippen molar-refractivity contribution >= 4 is 17.4 Å². The predicted molar refractivity (Wildman–Crippen MR) is 147 cm³/mol. The van der Waals surface area contributed by atoms with Gasteiger partial charge in [0.1, 0.15) is 5.82 Å². The van der Waals surface area contributed by atoms with Crippen molar-refractivity contribution in [3.05, 3.63) is 53.2 Å². The van der Waals surface area contributed by atoms with Crippen LogP contribution in [0.15, 0.2) is 30.9 Å². The summed E-state index contributed by atoms with van der Waals surface area (Å²) in [6.07, 6.45) is 7.14. The molecule has 1 amide bonds. The molecule has 6 rings (SSSR count). The third kappa shape index (κ3) is 3.90. The van der Waals surface area contributed by atoms with Crippen LogP contribution in [0.3, 0.4) is 0 Å². The van der Waals surface area contributed by atoms with E-state index in [4.69, 9.17) is 4.98 Å². The molecule has 2 fully saturated rings. The maximum atomic E-state index is 12.1. The van der Waals surface area contributed by atoms with Gasteiger partial charge in [-0.05, 0) is 73.9 Å². The summed E-state index contributed by atoms with van der Waals surface area (Å²) in [6, 6.07) is 6.84. The van der Waals surface area contributed by atoms with Gasteiger partial charge in [-0.15, -0.1) is 0 Å². The molecule has 5 heterocycles. The summed E-state index contributed by atoms with van der Waals surface area (Å²) in [6.45, 7) is 16.1. The van der Waals surface area contributed by atoms with Gasteiger partial charge in [0.15, 0.2) is 0 Å². The average molecular weight is 486 g/mol. The van der Waals surface area contributed by atoms with Crippen LogP contribution >= 0.6 is 0 Å². The number of nitrogens with one attached hydrogen (secondary N) is 1. The number of rotatable bonds is 5. The standard InChI is InChI=1S/C30H39N5O/c1-4-14-33-15-11-23-25(17-33)32-29(34-16-12-30(18-34)19-35(20-30)26(36)5-2)21(3)27(23)24-10-6-8-22-9-7-13-31-28(22)24/h5-6,8,10,31H,2,4,7,9,11-20H2,1,3H3. The highest BCUT2D eigenvalue weighted by Crippen LogP contribution is 2.45. The summed E-state index contributed by atoms with van der Waals surface area (Å²) >= 11 is 0. The highest BCUT2D eigenvalue weighted by atomic mass is 16.2. The highest BCUT2D eigenvalue weighted by molar-refractivity contribution is 5.88. The molecule has 4 aliphatic heterocycles. The Morgan fingerprint density at radius 3 is 2.89 bits per heavy atom. The SMILES string of the molecule is C=CC(=O)N1CC2(CCN(c3nc4c(c(-c5cccc6c5NCCC6)c3C)CCN(CCC)C4)C2)C1. The van der Waals surface area contributed by atoms with E-state index in [9.17, 15) is 4.79 Å². The minimum absolute atomic E-state index is 0.0572. The van der Waals surface area contributed by atoms with E-state index >= 15 is 0 Å². The number of aromatic nitrogens is 1. The van der Waals surface area contributed by atoms with Gasteiger partial charge in [0.25, 0.3) is 0 Å². The van der Waals surface area contributed by atoms with Crippen molar-refractivity contribution in [1.29, 1.82) is 0 Å². The van der Waals surface area contributed by atoms with Crippen LogP contribution < -0.4 is 10.2 Å². The van der Waals surface area contributed by atoms with Gasteiger partial charge in [-0.25, -0.2) is 4.98 Å². The van der Waals surface area contributed by atoms with Crippen LogP contribution in [0.25, 0.3) is 11.1 Å². The summed E-state index contributed by atoms with van der Waals surface area (Å²) in [5.41, 5.74) is 9.76. The number of carbonyl (C=O) groups is 1. The fraction of sp³-hybridized carbons (Fsp3) is 0.533. The minimum Gasteiger partial charge on any atom is -0.384 e. The van der Waals surface area contributed by atoms with Crippen LogP contribution in [0.4, 0.5) is 11.5 Å². The van der Waals surface area contributed by atoms with Gasteiger partial charge >= 0.3 is 0 Å². The molecule has 0 saturated carbocycles. The summed E-state index contributed by atoms with van der Waals surface area (Å²) in [7, 11) is 0. The zero-order chi connectivity index (χ0) is 24.9. The lowest BCUT2D eigenvalue weighted by molar-refractivity contribution is -0.136. The lowest BCUT2D eigenvalue weighted by atomic mass is 9.79. The molecular formula is C30H39N5O. The molecule has 0 aliphatic carbocycles. The minimum atomic E-state index is 0.0572. The Hall–Kier alpha value is -2.86. The first-order chi connectivity index (χ1) is 17.5. The van der Waals surface area contributed by atoms with Crippen LogP contribution in [0.2, 0.25) is 0 Å². The molecule has 0 atom stereocenters. The Labute approximate surface area is 215 Å². The maximum Gasteiger partial charge on any atom is 0.245 e. The van der Waals surface area contributed by atoms with Crippen LogP contribution in [-0.2, 0) is 24.2 Å². The zero-order valence-corrected chi connectivity index (χ0v) is 21.9. The number of nitrogens with zero attached hydrogens (tertiary/aromatic N) is 4. The fourth-order valence-electron chi connectivity index (χ4n) is 7.04. The number of fused-ring (bicyclic) bond motifs is 2. The maximum absolute atomic E-state index is 12.1. The normalized spacial score (nSPS) is 20.5. The van der Waals surface area contributed by atoms with E-state index in [1.54, 1.807) is 0 Å². The Morgan fingerprint density at radius 2 is 2.08 bits per heavy atom. The molecule has 1 aromatic carbocycles. The van der Waals surface area contributed by atoms with Crippen LogP contribution in [0.1, 0.15) is 48.6 Å². The predicted octanol–water partition coefficient (Wildman–Crippen LogP) is 4.41. The summed E-state index contributed by atoms with van der Waals surface area (Å²) in [5.74, 6) is 1.21. The van der Waals surface area contributed by atoms with Crippen molar-refractivity contribution < 1.29 is 4.79 Å². The Kier molecular flexibility index (Phi) is 6.03. The van der Waals surface area contributed by atoms with Crippen molar-refractivity contribution in [2.24, 2.45) is 5.41 Å². The van der Waals surface area contributed by atoms with Crippen LogP contribution in [0.5, 0.6) is 0 Å². The van der Waals surface area contributed by atoms with Crippen LogP contribution in [0, 0.1) is 12.3 Å². The molecule has 2 saturated heterocycles.